The third-order valence-corrected chi connectivity index (χ3v) is 4.88. The van der Waals surface area contributed by atoms with Crippen molar-refractivity contribution in [2.45, 2.75) is 18.7 Å². The maximum Gasteiger partial charge on any atom is 0.356 e. The molecule has 0 aliphatic heterocycles. The van der Waals surface area contributed by atoms with E-state index in [0.717, 1.165) is 10.9 Å². The Labute approximate surface area is 133 Å². The summed E-state index contributed by atoms with van der Waals surface area (Å²) in [6, 6.07) is 3.10. The molecule has 0 saturated heterocycles. The summed E-state index contributed by atoms with van der Waals surface area (Å²) >= 11 is 0. The van der Waals surface area contributed by atoms with Crippen LogP contribution in [-0.2, 0) is 17.1 Å². The lowest BCUT2D eigenvalue weighted by Crippen LogP contribution is -2.17. The monoisotopic (exact) mass is 339 g/mol. The van der Waals surface area contributed by atoms with Gasteiger partial charge in [-0.05, 0) is 37.1 Å². The third kappa shape index (κ3) is 3.14. The van der Waals surface area contributed by atoms with E-state index in [1.54, 1.807) is 19.9 Å². The molecule has 0 radical (unpaired) electrons. The first-order valence-corrected chi connectivity index (χ1v) is 8.09. The smallest absolute Gasteiger partial charge is 0.356 e. The Morgan fingerprint density at radius 1 is 1.30 bits per heavy atom. The van der Waals surface area contributed by atoms with Crippen molar-refractivity contribution in [1.29, 1.82) is 0 Å². The van der Waals surface area contributed by atoms with Gasteiger partial charge in [0.05, 0.1) is 18.2 Å². The van der Waals surface area contributed by atoms with Crippen LogP contribution in [-0.4, -0.2) is 36.4 Å². The molecule has 0 atom stereocenters. The zero-order valence-electron chi connectivity index (χ0n) is 13.1. The van der Waals surface area contributed by atoms with Gasteiger partial charge in [0.2, 0.25) is 0 Å². The molecule has 1 heterocycles. The number of benzene rings is 1. The number of nitrogens with one attached hydrogen (secondary N) is 1. The second-order valence-electron chi connectivity index (χ2n) is 5.03. The number of nitrogens with zero attached hydrogens (tertiary/aromatic N) is 2. The number of aromatic carboxylic acids is 1. The minimum absolute atomic E-state index is 0.0518. The maximum atomic E-state index is 12.6. The predicted molar refractivity (Wildman–Crippen MR) is 83.4 cm³/mol. The van der Waals surface area contributed by atoms with Crippen molar-refractivity contribution in [3.05, 3.63) is 35.2 Å². The van der Waals surface area contributed by atoms with Crippen molar-refractivity contribution in [2.75, 3.05) is 11.8 Å². The quantitative estimate of drug-likeness (QED) is 0.855. The molecule has 0 saturated carbocycles. The fourth-order valence-electron chi connectivity index (χ4n) is 2.24. The fraction of sp³-hybridized carbons (Fsp3) is 0.286. The number of carboxylic acid groups (broad SMARTS) is 1. The molecule has 0 bridgehead atoms. The summed E-state index contributed by atoms with van der Waals surface area (Å²) in [5.41, 5.74) is 0.813. The third-order valence-electron chi connectivity index (χ3n) is 3.37. The summed E-state index contributed by atoms with van der Waals surface area (Å²) in [6.07, 6.45) is 1.16. The van der Waals surface area contributed by atoms with Gasteiger partial charge in [-0.2, -0.15) is 5.10 Å². The number of anilines is 1. The molecule has 2 aromatic rings. The largest absolute Gasteiger partial charge is 0.496 e. The highest BCUT2D eigenvalue weighted by molar-refractivity contribution is 7.92. The Bertz CT molecular complexity index is 871. The molecule has 1 aromatic carbocycles. The summed E-state index contributed by atoms with van der Waals surface area (Å²) in [7, 11) is -1.03. The molecule has 1 aromatic heterocycles. The molecule has 8 nitrogen and oxygen atoms in total. The highest BCUT2D eigenvalue weighted by Crippen LogP contribution is 2.27. The molecule has 9 heteroatoms. The number of aryl methyl sites for hydroxylation is 3. The van der Waals surface area contributed by atoms with Crippen molar-refractivity contribution in [1.82, 2.24) is 9.78 Å². The molecule has 0 spiro atoms. The Hall–Kier alpha value is -2.55. The molecule has 2 N–H and O–H groups in total. The lowest BCUT2D eigenvalue weighted by molar-refractivity contribution is 0.0686. The summed E-state index contributed by atoms with van der Waals surface area (Å²) in [5.74, 6) is -0.695. The van der Waals surface area contributed by atoms with E-state index >= 15 is 0 Å². The zero-order valence-corrected chi connectivity index (χ0v) is 13.9. The average Bonchev–Trinajstić information content (AvgIpc) is 2.80. The van der Waals surface area contributed by atoms with Gasteiger partial charge in [0.1, 0.15) is 11.4 Å². The first kappa shape index (κ1) is 16.8. The van der Waals surface area contributed by atoms with Gasteiger partial charge < -0.3 is 9.84 Å². The van der Waals surface area contributed by atoms with E-state index in [9.17, 15) is 13.2 Å². The van der Waals surface area contributed by atoms with Crippen LogP contribution in [0.15, 0.2) is 23.2 Å². The Morgan fingerprint density at radius 3 is 2.52 bits per heavy atom. The Kier molecular flexibility index (Phi) is 4.33. The standard InChI is InChI=1S/C14H17N3O5S/c1-8-6-12(9(2)5-11(8)22-4)23(20,21)16-10-7-15-17(3)13(10)14(18)19/h5-7,16H,1-4H3,(H,18,19). The average molecular weight is 339 g/mol. The van der Waals surface area contributed by atoms with Gasteiger partial charge >= 0.3 is 5.97 Å². The lowest BCUT2D eigenvalue weighted by atomic mass is 10.1. The van der Waals surface area contributed by atoms with Crippen LogP contribution >= 0.6 is 0 Å². The van der Waals surface area contributed by atoms with Crippen molar-refractivity contribution < 1.29 is 23.1 Å². The molecule has 0 fully saturated rings. The van der Waals surface area contributed by atoms with Crippen LogP contribution in [0.5, 0.6) is 5.75 Å². The minimum Gasteiger partial charge on any atom is -0.496 e. The van der Waals surface area contributed by atoms with Crippen LogP contribution in [0.4, 0.5) is 5.69 Å². The SMILES string of the molecule is COc1cc(C)c(S(=O)(=O)Nc2cnn(C)c2C(=O)O)cc1C. The first-order chi connectivity index (χ1) is 10.7. The van der Waals surface area contributed by atoms with Crippen LogP contribution in [0, 0.1) is 13.8 Å². The molecule has 0 aliphatic rings. The highest BCUT2D eigenvalue weighted by atomic mass is 32.2. The van der Waals surface area contributed by atoms with Crippen LogP contribution in [0.3, 0.4) is 0 Å². The number of rotatable bonds is 5. The second-order valence-corrected chi connectivity index (χ2v) is 6.68. The Balaban J connectivity index is 2.49. The lowest BCUT2D eigenvalue weighted by Gasteiger charge is -2.13. The van der Waals surface area contributed by atoms with E-state index in [-0.39, 0.29) is 16.3 Å². The summed E-state index contributed by atoms with van der Waals surface area (Å²) in [4.78, 5) is 11.3. The molecule has 0 unspecified atom stereocenters. The number of carbonyl (C=O) groups is 1. The van der Waals surface area contributed by atoms with Gasteiger partial charge in [0.15, 0.2) is 5.69 Å². The molecule has 2 rings (SSSR count). The predicted octanol–water partition coefficient (Wildman–Crippen LogP) is 1.54. The van der Waals surface area contributed by atoms with Crippen LogP contribution < -0.4 is 9.46 Å². The molecular formula is C14H17N3O5S. The molecule has 23 heavy (non-hydrogen) atoms. The topological polar surface area (TPSA) is 111 Å². The number of hydrogen-bond donors (Lipinski definition) is 2. The van der Waals surface area contributed by atoms with Crippen molar-refractivity contribution in [3.63, 3.8) is 0 Å². The van der Waals surface area contributed by atoms with E-state index < -0.39 is 16.0 Å². The van der Waals surface area contributed by atoms with E-state index in [2.05, 4.69) is 9.82 Å². The molecule has 124 valence electrons. The maximum absolute atomic E-state index is 12.6. The number of methoxy groups -OCH3 is 1. The van der Waals surface area contributed by atoms with Gasteiger partial charge in [-0.15, -0.1) is 0 Å². The highest BCUT2D eigenvalue weighted by Gasteiger charge is 2.24. The fourth-order valence-corrected chi connectivity index (χ4v) is 3.60. The number of hydrogen-bond acceptors (Lipinski definition) is 5. The second kappa shape index (κ2) is 5.92. The van der Waals surface area contributed by atoms with E-state index in [1.165, 1.54) is 20.2 Å². The zero-order chi connectivity index (χ0) is 17.4. The van der Waals surface area contributed by atoms with Gasteiger partial charge in [-0.1, -0.05) is 0 Å². The normalized spacial score (nSPS) is 11.3. The van der Waals surface area contributed by atoms with Gasteiger partial charge in [-0.25, -0.2) is 13.2 Å². The van der Waals surface area contributed by atoms with Crippen molar-refractivity contribution in [2.24, 2.45) is 7.05 Å². The number of aromatic nitrogens is 2. The summed E-state index contributed by atoms with van der Waals surface area (Å²) < 4.78 is 33.7. The van der Waals surface area contributed by atoms with Crippen molar-refractivity contribution in [3.8, 4) is 5.75 Å². The van der Waals surface area contributed by atoms with Crippen LogP contribution in [0.25, 0.3) is 0 Å². The van der Waals surface area contributed by atoms with Crippen LogP contribution in [0.1, 0.15) is 21.6 Å². The Morgan fingerprint density at radius 2 is 1.96 bits per heavy atom. The van der Waals surface area contributed by atoms with Gasteiger partial charge in [0, 0.05) is 7.05 Å². The summed E-state index contributed by atoms with van der Waals surface area (Å²) in [5, 5.41) is 12.9. The molecule has 0 aliphatic carbocycles. The summed E-state index contributed by atoms with van der Waals surface area (Å²) in [6.45, 7) is 3.36. The number of sulfonamides is 1. The van der Waals surface area contributed by atoms with Gasteiger partial charge in [-0.3, -0.25) is 9.40 Å². The van der Waals surface area contributed by atoms with Crippen molar-refractivity contribution >= 4 is 21.7 Å². The first-order valence-electron chi connectivity index (χ1n) is 6.60. The van der Waals surface area contributed by atoms with Gasteiger partial charge in [0.25, 0.3) is 10.0 Å². The van der Waals surface area contributed by atoms with E-state index in [0.29, 0.717) is 16.9 Å². The molecule has 0 amide bonds. The van der Waals surface area contributed by atoms with E-state index in [4.69, 9.17) is 9.84 Å². The van der Waals surface area contributed by atoms with E-state index in [1.807, 2.05) is 0 Å². The minimum atomic E-state index is -3.96. The number of carboxylic acids is 1. The molecular weight excluding hydrogens is 322 g/mol. The van der Waals surface area contributed by atoms with Crippen LogP contribution in [0.2, 0.25) is 0 Å². The number of ether oxygens (including phenoxy) is 1.